The van der Waals surface area contributed by atoms with E-state index in [0.717, 1.165) is 38.2 Å². The lowest BCUT2D eigenvalue weighted by molar-refractivity contribution is -0.118. The number of carbonyl (C=O) groups excluding carboxylic acids is 2. The van der Waals surface area contributed by atoms with E-state index in [1.54, 1.807) is 16.0 Å². The molecule has 0 bridgehead atoms. The van der Waals surface area contributed by atoms with Crippen LogP contribution < -0.4 is 10.2 Å². The molecule has 1 aromatic heterocycles. The first kappa shape index (κ1) is 18.2. The predicted molar refractivity (Wildman–Crippen MR) is 94.9 cm³/mol. The summed E-state index contributed by atoms with van der Waals surface area (Å²) in [6, 6.07) is 0.199. The van der Waals surface area contributed by atoms with E-state index in [9.17, 15) is 9.59 Å². The van der Waals surface area contributed by atoms with Crippen molar-refractivity contribution in [3.8, 4) is 0 Å². The Balaban J connectivity index is 1.52. The first-order valence-electron chi connectivity index (χ1n) is 9.02. The SMILES string of the molecule is CCOC(=O)N1CCC(Nc2nncc(N3CCN(C=O)CC3)n2)CC1. The van der Waals surface area contributed by atoms with Crippen LogP contribution >= 0.6 is 0 Å². The van der Waals surface area contributed by atoms with E-state index < -0.39 is 0 Å². The summed E-state index contributed by atoms with van der Waals surface area (Å²) < 4.78 is 5.03. The highest BCUT2D eigenvalue weighted by molar-refractivity contribution is 5.67. The molecule has 2 aliphatic heterocycles. The average Bonchev–Trinajstić information content (AvgIpc) is 2.69. The Hall–Kier alpha value is -2.65. The van der Waals surface area contributed by atoms with Gasteiger partial charge in [0, 0.05) is 45.3 Å². The number of aromatic nitrogens is 3. The number of likely N-dealkylation sites (tertiary alicyclic amines) is 1. The minimum absolute atomic E-state index is 0.199. The Kier molecular flexibility index (Phi) is 6.03. The number of hydrogen-bond donors (Lipinski definition) is 1. The molecule has 2 amide bonds. The zero-order valence-corrected chi connectivity index (χ0v) is 15.0. The van der Waals surface area contributed by atoms with Gasteiger partial charge in [-0.25, -0.2) is 4.79 Å². The van der Waals surface area contributed by atoms with Gasteiger partial charge >= 0.3 is 6.09 Å². The molecule has 0 aliphatic carbocycles. The first-order chi connectivity index (χ1) is 12.7. The van der Waals surface area contributed by atoms with Gasteiger partial charge in [-0.05, 0) is 19.8 Å². The Labute approximate surface area is 152 Å². The third-order valence-electron chi connectivity index (χ3n) is 4.69. The summed E-state index contributed by atoms with van der Waals surface area (Å²) >= 11 is 0. The highest BCUT2D eigenvalue weighted by atomic mass is 16.6. The lowest BCUT2D eigenvalue weighted by Gasteiger charge is -2.33. The molecule has 1 N–H and O–H groups in total. The molecule has 3 rings (SSSR count). The van der Waals surface area contributed by atoms with Crippen molar-refractivity contribution in [2.75, 3.05) is 56.1 Å². The molecule has 3 heterocycles. The summed E-state index contributed by atoms with van der Waals surface area (Å²) in [7, 11) is 0. The van der Waals surface area contributed by atoms with Gasteiger partial charge in [0.2, 0.25) is 12.4 Å². The molecule has 142 valence electrons. The van der Waals surface area contributed by atoms with E-state index >= 15 is 0 Å². The second-order valence-corrected chi connectivity index (χ2v) is 6.37. The van der Waals surface area contributed by atoms with Crippen LogP contribution in [0.5, 0.6) is 0 Å². The Bertz CT molecular complexity index is 614. The Morgan fingerprint density at radius 3 is 2.65 bits per heavy atom. The minimum atomic E-state index is -0.250. The van der Waals surface area contributed by atoms with Crippen molar-refractivity contribution in [1.29, 1.82) is 0 Å². The molecule has 0 spiro atoms. The van der Waals surface area contributed by atoms with E-state index in [-0.39, 0.29) is 12.1 Å². The van der Waals surface area contributed by atoms with Crippen molar-refractivity contribution in [2.45, 2.75) is 25.8 Å². The van der Waals surface area contributed by atoms with Gasteiger partial charge in [-0.2, -0.15) is 10.1 Å². The molecule has 0 atom stereocenters. The summed E-state index contributed by atoms with van der Waals surface area (Å²) in [6.07, 6.45) is 3.89. The summed E-state index contributed by atoms with van der Waals surface area (Å²) in [6.45, 7) is 6.33. The third kappa shape index (κ3) is 4.50. The number of carbonyl (C=O) groups is 2. The van der Waals surface area contributed by atoms with Gasteiger partial charge in [0.05, 0.1) is 12.8 Å². The summed E-state index contributed by atoms with van der Waals surface area (Å²) in [5.41, 5.74) is 0. The molecule has 10 nitrogen and oxygen atoms in total. The number of amides is 2. The van der Waals surface area contributed by atoms with Crippen LogP contribution in [0.25, 0.3) is 0 Å². The van der Waals surface area contributed by atoms with Gasteiger partial charge < -0.3 is 24.8 Å². The van der Waals surface area contributed by atoms with Crippen molar-refractivity contribution in [3.63, 3.8) is 0 Å². The molecule has 0 radical (unpaired) electrons. The van der Waals surface area contributed by atoms with Crippen molar-refractivity contribution in [3.05, 3.63) is 6.20 Å². The normalized spacial score (nSPS) is 18.6. The maximum absolute atomic E-state index is 11.7. The van der Waals surface area contributed by atoms with E-state index in [0.29, 0.717) is 38.7 Å². The largest absolute Gasteiger partial charge is 0.450 e. The number of hydrogen-bond acceptors (Lipinski definition) is 8. The van der Waals surface area contributed by atoms with Gasteiger partial charge in [-0.15, -0.1) is 5.10 Å². The maximum Gasteiger partial charge on any atom is 0.409 e. The second kappa shape index (κ2) is 8.63. The van der Waals surface area contributed by atoms with Gasteiger partial charge in [0.15, 0.2) is 5.82 Å². The molecule has 0 unspecified atom stereocenters. The quantitative estimate of drug-likeness (QED) is 0.739. The lowest BCUT2D eigenvalue weighted by atomic mass is 10.1. The smallest absolute Gasteiger partial charge is 0.409 e. The number of ether oxygens (including phenoxy) is 1. The van der Waals surface area contributed by atoms with Gasteiger partial charge in [-0.1, -0.05) is 0 Å². The highest BCUT2D eigenvalue weighted by Gasteiger charge is 2.24. The summed E-state index contributed by atoms with van der Waals surface area (Å²) in [5.74, 6) is 1.26. The van der Waals surface area contributed by atoms with Crippen LogP contribution in [0.15, 0.2) is 6.20 Å². The van der Waals surface area contributed by atoms with E-state index in [1.807, 2.05) is 6.92 Å². The number of nitrogens with zero attached hydrogens (tertiary/aromatic N) is 6. The van der Waals surface area contributed by atoms with Crippen LogP contribution in [-0.4, -0.2) is 89.4 Å². The van der Waals surface area contributed by atoms with Crippen LogP contribution in [0.1, 0.15) is 19.8 Å². The standard InChI is InChI=1S/C16H25N7O3/c1-2-26-16(25)23-5-3-13(4-6-23)18-15-19-14(11-17-20-15)22-9-7-21(12-24)8-10-22/h11-13H,2-10H2,1H3,(H,18,19,20). The highest BCUT2D eigenvalue weighted by Crippen LogP contribution is 2.17. The fourth-order valence-corrected chi connectivity index (χ4v) is 3.17. The third-order valence-corrected chi connectivity index (χ3v) is 4.69. The summed E-state index contributed by atoms with van der Waals surface area (Å²) in [5, 5.41) is 11.4. The Morgan fingerprint density at radius 2 is 2.00 bits per heavy atom. The monoisotopic (exact) mass is 363 g/mol. The second-order valence-electron chi connectivity index (χ2n) is 6.37. The number of nitrogens with one attached hydrogen (secondary N) is 1. The minimum Gasteiger partial charge on any atom is -0.450 e. The molecule has 10 heteroatoms. The van der Waals surface area contributed by atoms with Crippen LogP contribution in [0, 0.1) is 0 Å². The van der Waals surface area contributed by atoms with Crippen molar-refractivity contribution < 1.29 is 14.3 Å². The zero-order chi connectivity index (χ0) is 18.4. The average molecular weight is 363 g/mol. The van der Waals surface area contributed by atoms with Crippen LogP contribution in [0.2, 0.25) is 0 Å². The molecule has 26 heavy (non-hydrogen) atoms. The predicted octanol–water partition coefficient (Wildman–Crippen LogP) is 0.183. The molecular weight excluding hydrogens is 338 g/mol. The topological polar surface area (TPSA) is 104 Å². The maximum atomic E-state index is 11.7. The van der Waals surface area contributed by atoms with Crippen molar-refractivity contribution in [1.82, 2.24) is 25.0 Å². The van der Waals surface area contributed by atoms with Crippen molar-refractivity contribution in [2.24, 2.45) is 0 Å². The zero-order valence-electron chi connectivity index (χ0n) is 15.0. The van der Waals surface area contributed by atoms with Crippen LogP contribution in [0.4, 0.5) is 16.6 Å². The molecule has 2 aliphatic rings. The number of rotatable bonds is 5. The molecule has 0 saturated carbocycles. The molecule has 1 aromatic rings. The fraction of sp³-hybridized carbons (Fsp3) is 0.688. The summed E-state index contributed by atoms with van der Waals surface area (Å²) in [4.78, 5) is 32.7. The molecule has 2 saturated heterocycles. The van der Waals surface area contributed by atoms with E-state index in [2.05, 4.69) is 25.4 Å². The number of anilines is 2. The first-order valence-corrected chi connectivity index (χ1v) is 9.02. The number of piperidine rings is 1. The Morgan fingerprint density at radius 1 is 1.27 bits per heavy atom. The van der Waals surface area contributed by atoms with E-state index in [1.165, 1.54) is 0 Å². The van der Waals surface area contributed by atoms with Gasteiger partial charge in [0.1, 0.15) is 0 Å². The van der Waals surface area contributed by atoms with E-state index in [4.69, 9.17) is 4.74 Å². The van der Waals surface area contributed by atoms with Crippen LogP contribution in [0.3, 0.4) is 0 Å². The molecule has 2 fully saturated rings. The number of piperazine rings is 1. The molecule has 0 aromatic carbocycles. The fourth-order valence-electron chi connectivity index (χ4n) is 3.17. The molecular formula is C16H25N7O3. The van der Waals surface area contributed by atoms with Crippen molar-refractivity contribution >= 4 is 24.3 Å². The van der Waals surface area contributed by atoms with Gasteiger partial charge in [-0.3, -0.25) is 4.79 Å². The van der Waals surface area contributed by atoms with Crippen LogP contribution in [-0.2, 0) is 9.53 Å². The lowest BCUT2D eigenvalue weighted by Crippen LogP contribution is -2.46. The van der Waals surface area contributed by atoms with Gasteiger partial charge in [0.25, 0.3) is 0 Å².